The highest BCUT2D eigenvalue weighted by molar-refractivity contribution is 7.17. The summed E-state index contributed by atoms with van der Waals surface area (Å²) in [5.74, 6) is -0.619. The highest BCUT2D eigenvalue weighted by Gasteiger charge is 2.15. The lowest BCUT2D eigenvalue weighted by atomic mass is 10.1. The van der Waals surface area contributed by atoms with Gasteiger partial charge in [0.2, 0.25) is 0 Å². The molecule has 2 aromatic carbocycles. The van der Waals surface area contributed by atoms with E-state index in [0.29, 0.717) is 21.6 Å². The normalized spacial score (nSPS) is 11.3. The lowest BCUT2D eigenvalue weighted by molar-refractivity contribution is 0.0697. The lowest BCUT2D eigenvalue weighted by Crippen LogP contribution is -2.20. The fourth-order valence-corrected chi connectivity index (χ4v) is 3.96. The molecule has 0 saturated heterocycles. The molecule has 4 aromatic rings. The van der Waals surface area contributed by atoms with Gasteiger partial charge in [0.1, 0.15) is 10.7 Å². The van der Waals surface area contributed by atoms with Crippen molar-refractivity contribution >= 4 is 33.7 Å². The first kappa shape index (κ1) is 17.8. The quantitative estimate of drug-likeness (QED) is 0.535. The number of aromatic nitrogens is 2. The van der Waals surface area contributed by atoms with E-state index in [-0.39, 0.29) is 11.1 Å². The second-order valence-corrected chi connectivity index (χ2v) is 6.97. The molecule has 0 atom stereocenters. The molecule has 0 bridgehead atoms. The van der Waals surface area contributed by atoms with Crippen molar-refractivity contribution in [2.24, 2.45) is 5.10 Å². The Morgan fingerprint density at radius 3 is 2.61 bits per heavy atom. The van der Waals surface area contributed by atoms with Gasteiger partial charge in [-0.25, -0.2) is 9.78 Å². The van der Waals surface area contributed by atoms with E-state index < -0.39 is 5.97 Å². The Morgan fingerprint density at radius 1 is 1.14 bits per heavy atom. The van der Waals surface area contributed by atoms with Gasteiger partial charge in [-0.05, 0) is 18.6 Å². The molecule has 2 heterocycles. The van der Waals surface area contributed by atoms with E-state index in [1.54, 1.807) is 25.1 Å². The highest BCUT2D eigenvalue weighted by Crippen LogP contribution is 2.30. The minimum absolute atomic E-state index is 0.117. The topological polar surface area (TPSA) is 84.5 Å². The Hall–Kier alpha value is -3.58. The zero-order valence-corrected chi connectivity index (χ0v) is 15.7. The van der Waals surface area contributed by atoms with Crippen molar-refractivity contribution in [2.75, 3.05) is 0 Å². The number of hydrogen-bond donors (Lipinski definition) is 1. The molecule has 0 amide bonds. The fraction of sp³-hybridized carbons (Fsp3) is 0.0476. The maximum absolute atomic E-state index is 13.1. The molecule has 0 saturated carbocycles. The smallest absolute Gasteiger partial charge is 0.336 e. The molecule has 2 aromatic heterocycles. The molecule has 138 valence electrons. The first-order valence-corrected chi connectivity index (χ1v) is 9.37. The number of thiophene rings is 1. The Morgan fingerprint density at radius 2 is 1.86 bits per heavy atom. The van der Waals surface area contributed by atoms with Crippen molar-refractivity contribution in [1.29, 1.82) is 0 Å². The molecule has 0 unspecified atom stereocenters. The molecular weight excluding hydrogens is 374 g/mol. The van der Waals surface area contributed by atoms with Gasteiger partial charge in [0.15, 0.2) is 0 Å². The second kappa shape index (κ2) is 7.21. The number of rotatable bonds is 4. The highest BCUT2D eigenvalue weighted by atomic mass is 32.1. The number of aromatic carboxylic acids is 1. The Kier molecular flexibility index (Phi) is 4.58. The standard InChI is InChI=1S/C21H15N3O3S/c1-13-23-19-18(17(12-28-19)14-7-3-2-4-8-14)20(25)24(13)22-11-15-9-5-6-10-16(15)21(26)27/h2-12H,1H3,(H,26,27). The summed E-state index contributed by atoms with van der Waals surface area (Å²) in [7, 11) is 0. The SMILES string of the molecule is Cc1nc2scc(-c3ccccc3)c2c(=O)n1N=Cc1ccccc1C(=O)O. The van der Waals surface area contributed by atoms with Crippen LogP contribution in [0, 0.1) is 6.92 Å². The number of carbonyl (C=O) groups is 1. The van der Waals surface area contributed by atoms with Gasteiger partial charge in [0.25, 0.3) is 5.56 Å². The van der Waals surface area contributed by atoms with Crippen LogP contribution < -0.4 is 5.56 Å². The molecule has 0 fully saturated rings. The van der Waals surface area contributed by atoms with Crippen LogP contribution in [0.2, 0.25) is 0 Å². The number of aryl methyl sites for hydroxylation is 1. The average molecular weight is 389 g/mol. The van der Waals surface area contributed by atoms with Crippen molar-refractivity contribution in [3.8, 4) is 11.1 Å². The van der Waals surface area contributed by atoms with Gasteiger partial charge >= 0.3 is 5.97 Å². The zero-order chi connectivity index (χ0) is 19.7. The number of nitrogens with zero attached hydrogens (tertiary/aromatic N) is 3. The molecule has 6 nitrogen and oxygen atoms in total. The van der Waals surface area contributed by atoms with E-state index in [4.69, 9.17) is 0 Å². The van der Waals surface area contributed by atoms with Crippen molar-refractivity contribution < 1.29 is 9.90 Å². The van der Waals surface area contributed by atoms with E-state index in [1.807, 2.05) is 35.7 Å². The first-order chi connectivity index (χ1) is 13.6. The Bertz CT molecular complexity index is 1270. The van der Waals surface area contributed by atoms with Crippen LogP contribution in [0.3, 0.4) is 0 Å². The van der Waals surface area contributed by atoms with E-state index >= 15 is 0 Å². The molecule has 0 spiro atoms. The third kappa shape index (κ3) is 3.12. The molecule has 0 aliphatic heterocycles. The zero-order valence-electron chi connectivity index (χ0n) is 14.9. The van der Waals surface area contributed by atoms with Gasteiger partial charge in [-0.3, -0.25) is 4.79 Å². The van der Waals surface area contributed by atoms with Crippen LogP contribution in [0.25, 0.3) is 21.3 Å². The van der Waals surface area contributed by atoms with Crippen LogP contribution in [0.1, 0.15) is 21.7 Å². The fourth-order valence-electron chi connectivity index (χ4n) is 2.97. The van der Waals surface area contributed by atoms with Gasteiger partial charge < -0.3 is 5.11 Å². The van der Waals surface area contributed by atoms with Crippen LogP contribution in [0.5, 0.6) is 0 Å². The van der Waals surface area contributed by atoms with E-state index in [0.717, 1.165) is 11.1 Å². The van der Waals surface area contributed by atoms with Crippen LogP contribution in [0.4, 0.5) is 0 Å². The second-order valence-electron chi connectivity index (χ2n) is 6.11. The van der Waals surface area contributed by atoms with Gasteiger partial charge in [-0.15, -0.1) is 11.3 Å². The summed E-state index contributed by atoms with van der Waals surface area (Å²) in [6.45, 7) is 1.70. The maximum Gasteiger partial charge on any atom is 0.336 e. The summed E-state index contributed by atoms with van der Waals surface area (Å²) in [5.41, 5.74) is 1.99. The monoisotopic (exact) mass is 389 g/mol. The van der Waals surface area contributed by atoms with Crippen molar-refractivity contribution in [3.05, 3.63) is 87.3 Å². The van der Waals surface area contributed by atoms with Crippen molar-refractivity contribution in [1.82, 2.24) is 9.66 Å². The van der Waals surface area contributed by atoms with Crippen LogP contribution in [-0.2, 0) is 0 Å². The Balaban J connectivity index is 1.87. The number of carboxylic acid groups (broad SMARTS) is 1. The van der Waals surface area contributed by atoms with Gasteiger partial charge in [0.05, 0.1) is 17.2 Å². The van der Waals surface area contributed by atoms with Crippen molar-refractivity contribution in [3.63, 3.8) is 0 Å². The molecule has 0 radical (unpaired) electrons. The van der Waals surface area contributed by atoms with Gasteiger partial charge in [-0.2, -0.15) is 9.78 Å². The summed E-state index contributed by atoms with van der Waals surface area (Å²) < 4.78 is 1.21. The van der Waals surface area contributed by atoms with Crippen LogP contribution >= 0.6 is 11.3 Å². The summed E-state index contributed by atoms with van der Waals surface area (Å²) in [4.78, 5) is 29.7. The summed E-state index contributed by atoms with van der Waals surface area (Å²) in [6.07, 6.45) is 1.37. The average Bonchev–Trinajstić information content (AvgIpc) is 3.12. The van der Waals surface area contributed by atoms with E-state index in [9.17, 15) is 14.7 Å². The van der Waals surface area contributed by atoms with Crippen LogP contribution in [0.15, 0.2) is 69.9 Å². The molecule has 1 N–H and O–H groups in total. The molecule has 0 aliphatic rings. The minimum Gasteiger partial charge on any atom is -0.478 e. The van der Waals surface area contributed by atoms with Crippen molar-refractivity contribution in [2.45, 2.75) is 6.92 Å². The summed E-state index contributed by atoms with van der Waals surface area (Å²) in [5, 5.41) is 16.0. The molecule has 28 heavy (non-hydrogen) atoms. The molecule has 4 rings (SSSR count). The van der Waals surface area contributed by atoms with Gasteiger partial charge in [-0.1, -0.05) is 48.5 Å². The van der Waals surface area contributed by atoms with E-state index in [2.05, 4.69) is 10.1 Å². The number of carboxylic acids is 1. The minimum atomic E-state index is -1.05. The first-order valence-electron chi connectivity index (χ1n) is 8.49. The molecular formula is C21H15N3O3S. The third-order valence-corrected chi connectivity index (χ3v) is 5.21. The molecule has 7 heteroatoms. The van der Waals surface area contributed by atoms with Gasteiger partial charge in [0, 0.05) is 16.5 Å². The Labute approximate surface area is 164 Å². The van der Waals surface area contributed by atoms with Crippen LogP contribution in [-0.4, -0.2) is 27.0 Å². The van der Waals surface area contributed by atoms with E-state index in [1.165, 1.54) is 28.3 Å². The number of fused-ring (bicyclic) bond motifs is 1. The largest absolute Gasteiger partial charge is 0.478 e. The predicted octanol–water partition coefficient (Wildman–Crippen LogP) is 4.01. The number of hydrogen-bond acceptors (Lipinski definition) is 5. The number of benzene rings is 2. The predicted molar refractivity (Wildman–Crippen MR) is 110 cm³/mol. The lowest BCUT2D eigenvalue weighted by Gasteiger charge is -2.05. The maximum atomic E-state index is 13.1. The third-order valence-electron chi connectivity index (χ3n) is 4.34. The summed E-state index contributed by atoms with van der Waals surface area (Å²) >= 11 is 1.41. The summed E-state index contributed by atoms with van der Waals surface area (Å²) in [6, 6.07) is 16.1. The molecule has 0 aliphatic carbocycles.